The van der Waals surface area contributed by atoms with Gasteiger partial charge < -0.3 is 14.5 Å². The van der Waals surface area contributed by atoms with Crippen molar-refractivity contribution < 1.29 is 9.53 Å². The summed E-state index contributed by atoms with van der Waals surface area (Å²) in [5.74, 6) is 1.41. The number of carbonyl (C=O) groups excluding carboxylic acids is 1. The fourth-order valence-electron chi connectivity index (χ4n) is 2.41. The first-order valence-electron chi connectivity index (χ1n) is 7.28. The van der Waals surface area contributed by atoms with Gasteiger partial charge in [0.2, 0.25) is 5.88 Å². The van der Waals surface area contributed by atoms with E-state index in [0.717, 1.165) is 18.9 Å². The minimum Gasteiger partial charge on any atom is -0.478 e. The van der Waals surface area contributed by atoms with Crippen molar-refractivity contribution in [3.8, 4) is 5.88 Å². The lowest BCUT2D eigenvalue weighted by atomic mass is 10.2. The number of amides is 1. The van der Waals surface area contributed by atoms with Crippen molar-refractivity contribution >= 4 is 11.7 Å². The second-order valence-corrected chi connectivity index (χ2v) is 4.90. The van der Waals surface area contributed by atoms with Crippen LogP contribution < -0.4 is 9.64 Å². The summed E-state index contributed by atoms with van der Waals surface area (Å²) in [4.78, 5) is 20.6. The Morgan fingerprint density at radius 3 is 2.82 bits per heavy atom. The number of ether oxygens (including phenoxy) is 1. The van der Waals surface area contributed by atoms with Crippen molar-refractivity contribution in [2.45, 2.75) is 6.92 Å². The molecule has 1 aliphatic rings. The molecule has 1 saturated heterocycles. The van der Waals surface area contributed by atoms with Crippen LogP contribution in [0.2, 0.25) is 0 Å². The van der Waals surface area contributed by atoms with E-state index in [0.29, 0.717) is 31.3 Å². The first kappa shape index (κ1) is 14.3. The van der Waals surface area contributed by atoms with E-state index in [9.17, 15) is 4.79 Å². The molecule has 2 aromatic heterocycles. The SMILES string of the molecule is CCOc1cccc(N2CCN(C(=O)c3cn[nH]n3)CC2)n1. The summed E-state index contributed by atoms with van der Waals surface area (Å²) in [6.07, 6.45) is 1.45. The van der Waals surface area contributed by atoms with Gasteiger partial charge in [0.05, 0.1) is 12.8 Å². The maximum atomic E-state index is 12.2. The number of piperazine rings is 1. The molecule has 1 amide bonds. The zero-order valence-electron chi connectivity index (χ0n) is 12.4. The topological polar surface area (TPSA) is 87.2 Å². The second kappa shape index (κ2) is 6.42. The second-order valence-electron chi connectivity index (χ2n) is 4.90. The van der Waals surface area contributed by atoms with Crippen LogP contribution in [0, 0.1) is 0 Å². The summed E-state index contributed by atoms with van der Waals surface area (Å²) in [7, 11) is 0. The summed E-state index contributed by atoms with van der Waals surface area (Å²) in [6, 6.07) is 5.73. The van der Waals surface area contributed by atoms with E-state index in [1.165, 1.54) is 6.20 Å². The van der Waals surface area contributed by atoms with Gasteiger partial charge >= 0.3 is 0 Å². The van der Waals surface area contributed by atoms with Crippen molar-refractivity contribution in [1.82, 2.24) is 25.3 Å². The molecule has 8 nitrogen and oxygen atoms in total. The molecular formula is C14H18N6O2. The first-order valence-corrected chi connectivity index (χ1v) is 7.28. The number of anilines is 1. The molecular weight excluding hydrogens is 284 g/mol. The molecule has 8 heteroatoms. The molecule has 0 unspecified atom stereocenters. The molecule has 22 heavy (non-hydrogen) atoms. The lowest BCUT2D eigenvalue weighted by Crippen LogP contribution is -2.49. The van der Waals surface area contributed by atoms with Crippen LogP contribution in [0.5, 0.6) is 5.88 Å². The minimum absolute atomic E-state index is 0.0931. The predicted molar refractivity (Wildman–Crippen MR) is 79.9 cm³/mol. The Labute approximate surface area is 128 Å². The monoisotopic (exact) mass is 302 g/mol. The standard InChI is InChI=1S/C14H18N6O2/c1-2-22-13-5-3-4-12(16-13)19-6-8-20(9-7-19)14(21)11-10-15-18-17-11/h3-5,10H,2,6-9H2,1H3,(H,15,17,18). The highest BCUT2D eigenvalue weighted by atomic mass is 16.5. The number of H-pyrrole nitrogens is 1. The highest BCUT2D eigenvalue weighted by molar-refractivity contribution is 5.92. The van der Waals surface area contributed by atoms with E-state index >= 15 is 0 Å². The first-order chi connectivity index (χ1) is 10.8. The van der Waals surface area contributed by atoms with Crippen LogP contribution in [-0.2, 0) is 0 Å². The van der Waals surface area contributed by atoms with E-state index in [4.69, 9.17) is 4.74 Å². The van der Waals surface area contributed by atoms with E-state index in [1.807, 2.05) is 25.1 Å². The van der Waals surface area contributed by atoms with Gasteiger partial charge in [0.25, 0.3) is 5.91 Å². The number of aromatic nitrogens is 4. The van der Waals surface area contributed by atoms with Crippen molar-refractivity contribution in [3.63, 3.8) is 0 Å². The van der Waals surface area contributed by atoms with Gasteiger partial charge in [-0.15, -0.1) is 0 Å². The van der Waals surface area contributed by atoms with E-state index in [-0.39, 0.29) is 5.91 Å². The third-order valence-electron chi connectivity index (χ3n) is 3.53. The molecule has 1 aliphatic heterocycles. The van der Waals surface area contributed by atoms with E-state index in [2.05, 4.69) is 25.3 Å². The van der Waals surface area contributed by atoms with E-state index < -0.39 is 0 Å². The third kappa shape index (κ3) is 3.00. The Morgan fingerprint density at radius 2 is 2.14 bits per heavy atom. The number of nitrogens with one attached hydrogen (secondary N) is 1. The Hall–Kier alpha value is -2.64. The number of carbonyl (C=O) groups is 1. The number of hydrogen-bond donors (Lipinski definition) is 1. The molecule has 3 heterocycles. The Kier molecular flexibility index (Phi) is 4.17. The molecule has 1 fully saturated rings. The zero-order valence-corrected chi connectivity index (χ0v) is 12.4. The predicted octanol–water partition coefficient (Wildman–Crippen LogP) is 0.561. The van der Waals surface area contributed by atoms with Gasteiger partial charge in [-0.2, -0.15) is 20.4 Å². The van der Waals surface area contributed by atoms with Crippen LogP contribution in [0.3, 0.4) is 0 Å². The lowest BCUT2D eigenvalue weighted by Gasteiger charge is -2.35. The Morgan fingerprint density at radius 1 is 1.32 bits per heavy atom. The molecule has 0 saturated carbocycles. The van der Waals surface area contributed by atoms with Crippen molar-refractivity contribution in [2.75, 3.05) is 37.7 Å². The summed E-state index contributed by atoms with van der Waals surface area (Å²) in [5, 5.41) is 9.96. The number of rotatable bonds is 4. The molecule has 2 aromatic rings. The third-order valence-corrected chi connectivity index (χ3v) is 3.53. The zero-order chi connectivity index (χ0) is 15.4. The van der Waals surface area contributed by atoms with Crippen LogP contribution in [0.15, 0.2) is 24.4 Å². The van der Waals surface area contributed by atoms with Gasteiger partial charge in [-0.25, -0.2) is 0 Å². The molecule has 0 radical (unpaired) electrons. The quantitative estimate of drug-likeness (QED) is 0.888. The van der Waals surface area contributed by atoms with Gasteiger partial charge in [0, 0.05) is 32.2 Å². The summed E-state index contributed by atoms with van der Waals surface area (Å²) in [5.41, 5.74) is 0.352. The molecule has 0 atom stereocenters. The van der Waals surface area contributed by atoms with Crippen molar-refractivity contribution in [1.29, 1.82) is 0 Å². The fraction of sp³-hybridized carbons (Fsp3) is 0.429. The van der Waals surface area contributed by atoms with Crippen molar-refractivity contribution in [3.05, 3.63) is 30.1 Å². The van der Waals surface area contributed by atoms with Gasteiger partial charge in [-0.05, 0) is 13.0 Å². The van der Waals surface area contributed by atoms with Gasteiger partial charge in [-0.1, -0.05) is 6.07 Å². The Bertz CT molecular complexity index is 622. The molecule has 3 rings (SSSR count). The van der Waals surface area contributed by atoms with Gasteiger partial charge in [0.1, 0.15) is 5.82 Å². The molecule has 0 aliphatic carbocycles. The molecule has 0 bridgehead atoms. The van der Waals surface area contributed by atoms with Crippen LogP contribution in [0.1, 0.15) is 17.4 Å². The number of pyridine rings is 1. The average molecular weight is 302 g/mol. The largest absolute Gasteiger partial charge is 0.478 e. The fourth-order valence-corrected chi connectivity index (χ4v) is 2.41. The van der Waals surface area contributed by atoms with Crippen LogP contribution in [0.4, 0.5) is 5.82 Å². The summed E-state index contributed by atoms with van der Waals surface area (Å²) in [6.45, 7) is 5.25. The van der Waals surface area contributed by atoms with E-state index in [1.54, 1.807) is 4.90 Å². The Balaban J connectivity index is 1.62. The molecule has 116 valence electrons. The number of hydrogen-bond acceptors (Lipinski definition) is 6. The minimum atomic E-state index is -0.0931. The van der Waals surface area contributed by atoms with Gasteiger partial charge in [-0.3, -0.25) is 4.79 Å². The molecule has 1 N–H and O–H groups in total. The number of nitrogens with zero attached hydrogens (tertiary/aromatic N) is 5. The average Bonchev–Trinajstić information content (AvgIpc) is 3.09. The highest BCUT2D eigenvalue weighted by Gasteiger charge is 2.24. The summed E-state index contributed by atoms with van der Waals surface area (Å²) >= 11 is 0. The lowest BCUT2D eigenvalue weighted by molar-refractivity contribution is 0.0740. The maximum Gasteiger partial charge on any atom is 0.276 e. The smallest absolute Gasteiger partial charge is 0.276 e. The van der Waals surface area contributed by atoms with Crippen LogP contribution in [0.25, 0.3) is 0 Å². The van der Waals surface area contributed by atoms with Crippen LogP contribution in [-0.4, -0.2) is 64.0 Å². The van der Waals surface area contributed by atoms with Crippen molar-refractivity contribution in [2.24, 2.45) is 0 Å². The maximum absolute atomic E-state index is 12.2. The summed E-state index contributed by atoms with van der Waals surface area (Å²) < 4.78 is 5.42. The molecule has 0 aromatic carbocycles. The van der Waals surface area contributed by atoms with Gasteiger partial charge in [0.15, 0.2) is 5.69 Å². The highest BCUT2D eigenvalue weighted by Crippen LogP contribution is 2.18. The molecule has 0 spiro atoms. The van der Waals surface area contributed by atoms with Crippen LogP contribution >= 0.6 is 0 Å². The number of aromatic amines is 1. The normalized spacial score (nSPS) is 15.0.